The summed E-state index contributed by atoms with van der Waals surface area (Å²) >= 11 is 0. The first-order valence-electron chi connectivity index (χ1n) is 4.91. The first-order chi connectivity index (χ1) is 6.07. The summed E-state index contributed by atoms with van der Waals surface area (Å²) in [5, 5.41) is 18.6. The summed E-state index contributed by atoms with van der Waals surface area (Å²) in [7, 11) is 0. The van der Waals surface area contributed by atoms with Gasteiger partial charge < -0.3 is 10.2 Å². The maximum Gasteiger partial charge on any atom is 0.312 e. The molecule has 0 saturated heterocycles. The third-order valence-corrected chi connectivity index (χ3v) is 4.49. The highest BCUT2D eigenvalue weighted by Crippen LogP contribution is 2.65. The van der Waals surface area contributed by atoms with Crippen molar-refractivity contribution in [2.75, 3.05) is 6.61 Å². The van der Waals surface area contributed by atoms with Crippen LogP contribution in [0.15, 0.2) is 0 Å². The molecule has 3 heteroatoms. The molecule has 0 radical (unpaired) electrons. The van der Waals surface area contributed by atoms with E-state index in [1.807, 2.05) is 6.92 Å². The van der Waals surface area contributed by atoms with Crippen molar-refractivity contribution in [2.45, 2.75) is 32.6 Å². The number of carbonyl (C=O) groups is 1. The molecule has 1 unspecified atom stereocenters. The van der Waals surface area contributed by atoms with Crippen LogP contribution in [0.2, 0.25) is 0 Å². The van der Waals surface area contributed by atoms with E-state index in [-0.39, 0.29) is 17.9 Å². The molecule has 2 aliphatic carbocycles. The van der Waals surface area contributed by atoms with E-state index in [2.05, 4.69) is 0 Å². The van der Waals surface area contributed by atoms with Crippen molar-refractivity contribution in [3.05, 3.63) is 0 Å². The maximum absolute atomic E-state index is 11.3. The van der Waals surface area contributed by atoms with Crippen LogP contribution in [-0.4, -0.2) is 22.8 Å². The number of aliphatic hydroxyl groups is 1. The Morgan fingerprint density at radius 1 is 1.46 bits per heavy atom. The van der Waals surface area contributed by atoms with Gasteiger partial charge in [0.05, 0.1) is 12.0 Å². The van der Waals surface area contributed by atoms with Gasteiger partial charge in [-0.15, -0.1) is 0 Å². The van der Waals surface area contributed by atoms with Crippen molar-refractivity contribution in [3.63, 3.8) is 0 Å². The van der Waals surface area contributed by atoms with Gasteiger partial charge in [0.1, 0.15) is 0 Å². The van der Waals surface area contributed by atoms with Gasteiger partial charge in [0.2, 0.25) is 0 Å². The van der Waals surface area contributed by atoms with E-state index in [4.69, 9.17) is 0 Å². The van der Waals surface area contributed by atoms with Crippen LogP contribution >= 0.6 is 0 Å². The Hall–Kier alpha value is -0.570. The SMILES string of the molecule is CC12CCC(CC1)C2(CO)C(=O)O. The third-order valence-electron chi connectivity index (χ3n) is 4.49. The molecular weight excluding hydrogens is 168 g/mol. The summed E-state index contributed by atoms with van der Waals surface area (Å²) in [4.78, 5) is 11.3. The molecule has 2 bridgehead atoms. The summed E-state index contributed by atoms with van der Waals surface area (Å²) in [5.74, 6) is -0.586. The number of hydrogen-bond donors (Lipinski definition) is 2. The second kappa shape index (κ2) is 2.47. The molecule has 0 aromatic rings. The van der Waals surface area contributed by atoms with E-state index in [0.29, 0.717) is 0 Å². The molecule has 2 rings (SSSR count). The minimum Gasteiger partial charge on any atom is -0.481 e. The van der Waals surface area contributed by atoms with Gasteiger partial charge in [-0.1, -0.05) is 6.92 Å². The van der Waals surface area contributed by atoms with Crippen LogP contribution in [-0.2, 0) is 4.79 Å². The minimum absolute atomic E-state index is 0.155. The number of fused-ring (bicyclic) bond motifs is 2. The first-order valence-corrected chi connectivity index (χ1v) is 4.91. The lowest BCUT2D eigenvalue weighted by Gasteiger charge is -2.35. The number of hydrogen-bond acceptors (Lipinski definition) is 2. The van der Waals surface area contributed by atoms with Gasteiger partial charge >= 0.3 is 5.97 Å². The van der Waals surface area contributed by atoms with E-state index >= 15 is 0 Å². The second-order valence-corrected chi connectivity index (χ2v) is 4.77. The zero-order chi connectivity index (χ0) is 9.69. The zero-order valence-electron chi connectivity index (χ0n) is 7.92. The largest absolute Gasteiger partial charge is 0.481 e. The van der Waals surface area contributed by atoms with Crippen molar-refractivity contribution in [1.29, 1.82) is 0 Å². The number of aliphatic hydroxyl groups excluding tert-OH is 1. The molecule has 0 heterocycles. The molecule has 3 nitrogen and oxygen atoms in total. The van der Waals surface area contributed by atoms with Gasteiger partial charge in [-0.3, -0.25) is 4.79 Å². The molecule has 0 aromatic heterocycles. The Labute approximate surface area is 77.8 Å². The van der Waals surface area contributed by atoms with Crippen LogP contribution in [0.5, 0.6) is 0 Å². The Morgan fingerprint density at radius 2 is 2.00 bits per heavy atom. The molecule has 0 spiro atoms. The molecule has 2 N–H and O–H groups in total. The highest BCUT2D eigenvalue weighted by atomic mass is 16.4. The van der Waals surface area contributed by atoms with E-state index in [1.54, 1.807) is 0 Å². The third kappa shape index (κ3) is 0.810. The molecule has 2 aliphatic rings. The van der Waals surface area contributed by atoms with Gasteiger partial charge in [0, 0.05) is 0 Å². The minimum atomic E-state index is -0.826. The Bertz CT molecular complexity index is 241. The summed E-state index contributed by atoms with van der Waals surface area (Å²) in [5.41, 5.74) is -0.981. The van der Waals surface area contributed by atoms with Crippen LogP contribution in [0, 0.1) is 16.7 Å². The van der Waals surface area contributed by atoms with Crippen LogP contribution in [0.3, 0.4) is 0 Å². The predicted molar refractivity (Wildman–Crippen MR) is 47.2 cm³/mol. The van der Waals surface area contributed by atoms with Crippen molar-refractivity contribution < 1.29 is 15.0 Å². The second-order valence-electron chi connectivity index (χ2n) is 4.77. The van der Waals surface area contributed by atoms with Gasteiger partial charge in [-0.05, 0) is 37.0 Å². The summed E-state index contributed by atoms with van der Waals surface area (Å²) < 4.78 is 0. The molecule has 13 heavy (non-hydrogen) atoms. The summed E-state index contributed by atoms with van der Waals surface area (Å²) in [6.07, 6.45) is 3.88. The molecule has 0 amide bonds. The highest BCUT2D eigenvalue weighted by Gasteiger charge is 2.65. The lowest BCUT2D eigenvalue weighted by Crippen LogP contribution is -2.44. The molecular formula is C10H16O3. The number of carboxylic acid groups (broad SMARTS) is 1. The van der Waals surface area contributed by atoms with E-state index in [0.717, 1.165) is 25.7 Å². The molecule has 2 fully saturated rings. The normalized spacial score (nSPS) is 48.3. The average molecular weight is 184 g/mol. The van der Waals surface area contributed by atoms with Crippen LogP contribution in [0.4, 0.5) is 0 Å². The standard InChI is InChI=1S/C10H16O3/c1-9-4-2-7(3-5-9)10(9,6-11)8(12)13/h7,11H,2-6H2,1H3,(H,12,13). The summed E-state index contributed by atoms with van der Waals surface area (Å²) in [6, 6.07) is 0. The van der Waals surface area contributed by atoms with Crippen molar-refractivity contribution in [3.8, 4) is 0 Å². The summed E-state index contributed by atoms with van der Waals surface area (Å²) in [6.45, 7) is 1.83. The smallest absolute Gasteiger partial charge is 0.312 e. The van der Waals surface area contributed by atoms with Crippen LogP contribution in [0.1, 0.15) is 32.6 Å². The lowest BCUT2D eigenvalue weighted by atomic mass is 9.68. The van der Waals surface area contributed by atoms with Crippen LogP contribution < -0.4 is 0 Å². The molecule has 0 aromatic carbocycles. The monoisotopic (exact) mass is 184 g/mol. The molecule has 0 aliphatic heterocycles. The van der Waals surface area contributed by atoms with Gasteiger partial charge in [0.25, 0.3) is 0 Å². The first kappa shape index (κ1) is 9.00. The van der Waals surface area contributed by atoms with E-state index in [1.165, 1.54) is 0 Å². The Morgan fingerprint density at radius 3 is 2.15 bits per heavy atom. The van der Waals surface area contributed by atoms with Gasteiger partial charge in [-0.25, -0.2) is 0 Å². The lowest BCUT2D eigenvalue weighted by molar-refractivity contribution is -0.159. The fraction of sp³-hybridized carbons (Fsp3) is 0.900. The van der Waals surface area contributed by atoms with E-state index < -0.39 is 11.4 Å². The maximum atomic E-state index is 11.3. The fourth-order valence-corrected chi connectivity index (χ4v) is 3.51. The molecule has 1 atom stereocenters. The molecule has 74 valence electrons. The number of carboxylic acids is 1. The number of rotatable bonds is 2. The van der Waals surface area contributed by atoms with Gasteiger partial charge in [-0.2, -0.15) is 0 Å². The quantitative estimate of drug-likeness (QED) is 0.679. The van der Waals surface area contributed by atoms with Crippen LogP contribution in [0.25, 0.3) is 0 Å². The van der Waals surface area contributed by atoms with E-state index in [9.17, 15) is 15.0 Å². The van der Waals surface area contributed by atoms with Crippen molar-refractivity contribution in [2.24, 2.45) is 16.7 Å². The fourth-order valence-electron chi connectivity index (χ4n) is 3.51. The highest BCUT2D eigenvalue weighted by molar-refractivity contribution is 5.77. The predicted octanol–water partition coefficient (Wildman–Crippen LogP) is 1.26. The number of aliphatic carboxylic acids is 1. The van der Waals surface area contributed by atoms with Crippen molar-refractivity contribution >= 4 is 5.97 Å². The Balaban J connectivity index is 2.45. The topological polar surface area (TPSA) is 57.5 Å². The van der Waals surface area contributed by atoms with Crippen molar-refractivity contribution in [1.82, 2.24) is 0 Å². The average Bonchev–Trinajstić information content (AvgIpc) is 2.52. The van der Waals surface area contributed by atoms with Gasteiger partial charge in [0.15, 0.2) is 0 Å². The Kier molecular flexibility index (Phi) is 1.71. The zero-order valence-corrected chi connectivity index (χ0v) is 7.92. The molecule has 2 saturated carbocycles.